The number of amides is 1. The molecule has 6 nitrogen and oxygen atoms in total. The summed E-state index contributed by atoms with van der Waals surface area (Å²) in [5.41, 5.74) is 4.84. The Bertz CT molecular complexity index is 1350. The van der Waals surface area contributed by atoms with Gasteiger partial charge in [-0.3, -0.25) is 10.1 Å². The van der Waals surface area contributed by atoms with Gasteiger partial charge in [-0.15, -0.1) is 13.2 Å². The highest BCUT2D eigenvalue weighted by molar-refractivity contribution is 5.77. The largest absolute Gasteiger partial charge is 0.573 e. The SMILES string of the molecule is CCCC(Cc1cccc(C2C(NC(=O)OCc3ccc(OC(F)(F)F)cc3)=Cc3ccccc32)c1)C(=O)O. The molecule has 0 heterocycles. The molecule has 0 aliphatic heterocycles. The van der Waals surface area contributed by atoms with Gasteiger partial charge in [0, 0.05) is 11.6 Å². The van der Waals surface area contributed by atoms with Crippen LogP contribution in [-0.2, 0) is 22.6 Å². The number of rotatable bonds is 10. The average molecular weight is 540 g/mol. The first-order valence-corrected chi connectivity index (χ1v) is 12.5. The average Bonchev–Trinajstić information content (AvgIpc) is 3.25. The monoisotopic (exact) mass is 539 g/mol. The van der Waals surface area contributed by atoms with E-state index in [0.29, 0.717) is 24.1 Å². The Morgan fingerprint density at radius 1 is 1.00 bits per heavy atom. The minimum Gasteiger partial charge on any atom is -0.481 e. The fourth-order valence-electron chi connectivity index (χ4n) is 4.73. The molecule has 1 aliphatic carbocycles. The van der Waals surface area contributed by atoms with Crippen LogP contribution in [0, 0.1) is 5.92 Å². The number of carboxylic acids is 1. The number of ether oxygens (including phenoxy) is 2. The molecule has 0 aromatic heterocycles. The Morgan fingerprint density at radius 2 is 1.74 bits per heavy atom. The van der Waals surface area contributed by atoms with E-state index in [1.807, 2.05) is 61.5 Å². The van der Waals surface area contributed by atoms with Crippen molar-refractivity contribution < 1.29 is 37.3 Å². The molecular formula is C30H28F3NO5. The second kappa shape index (κ2) is 12.1. The van der Waals surface area contributed by atoms with Gasteiger partial charge in [-0.2, -0.15) is 0 Å². The third-order valence-corrected chi connectivity index (χ3v) is 6.46. The van der Waals surface area contributed by atoms with Gasteiger partial charge in [-0.25, -0.2) is 4.79 Å². The Kier molecular flexibility index (Phi) is 8.59. The highest BCUT2D eigenvalue weighted by Crippen LogP contribution is 2.40. The minimum atomic E-state index is -4.78. The van der Waals surface area contributed by atoms with E-state index in [1.54, 1.807) is 0 Å². The van der Waals surface area contributed by atoms with E-state index in [1.165, 1.54) is 12.1 Å². The molecule has 2 unspecified atom stereocenters. The molecular weight excluding hydrogens is 511 g/mol. The lowest BCUT2D eigenvalue weighted by atomic mass is 9.88. The quantitative estimate of drug-likeness (QED) is 0.289. The molecule has 0 saturated carbocycles. The molecule has 0 radical (unpaired) electrons. The maximum atomic E-state index is 12.7. The van der Waals surface area contributed by atoms with Crippen molar-refractivity contribution in [2.24, 2.45) is 5.92 Å². The van der Waals surface area contributed by atoms with Crippen molar-refractivity contribution in [1.82, 2.24) is 5.32 Å². The van der Waals surface area contributed by atoms with Crippen LogP contribution in [0.4, 0.5) is 18.0 Å². The number of aliphatic carboxylic acids is 1. The Labute approximate surface area is 224 Å². The summed E-state index contributed by atoms with van der Waals surface area (Å²) in [6, 6.07) is 20.5. The van der Waals surface area contributed by atoms with Crippen molar-refractivity contribution in [3.63, 3.8) is 0 Å². The zero-order valence-electron chi connectivity index (χ0n) is 21.2. The van der Waals surface area contributed by atoms with Crippen LogP contribution in [0.25, 0.3) is 6.08 Å². The smallest absolute Gasteiger partial charge is 0.481 e. The third kappa shape index (κ3) is 7.40. The van der Waals surface area contributed by atoms with Gasteiger partial charge in [0.1, 0.15) is 12.4 Å². The number of carboxylic acid groups (broad SMARTS) is 1. The van der Waals surface area contributed by atoms with Crippen LogP contribution < -0.4 is 10.1 Å². The molecule has 1 aliphatic rings. The van der Waals surface area contributed by atoms with Gasteiger partial charge in [0.2, 0.25) is 0 Å². The van der Waals surface area contributed by atoms with E-state index < -0.39 is 24.3 Å². The van der Waals surface area contributed by atoms with Crippen LogP contribution in [0.2, 0.25) is 0 Å². The number of carbonyl (C=O) groups excluding carboxylic acids is 1. The van der Waals surface area contributed by atoms with Crippen LogP contribution >= 0.6 is 0 Å². The standard InChI is InChI=1S/C30H28F3NO5/c1-2-6-23(28(35)36)16-20-7-5-9-22(15-20)27-25-10-4-3-8-21(25)17-26(27)34-29(37)38-18-19-11-13-24(14-12-19)39-30(31,32)33/h3-5,7-15,17,23,27H,2,6,16,18H2,1H3,(H,34,37)(H,35,36). The molecule has 4 rings (SSSR count). The van der Waals surface area contributed by atoms with Gasteiger partial charge in [-0.1, -0.05) is 74.0 Å². The predicted molar refractivity (Wildman–Crippen MR) is 139 cm³/mol. The molecule has 204 valence electrons. The molecule has 9 heteroatoms. The van der Waals surface area contributed by atoms with E-state index >= 15 is 0 Å². The number of hydrogen-bond acceptors (Lipinski definition) is 4. The molecule has 2 atom stereocenters. The number of nitrogens with one attached hydrogen (secondary N) is 1. The van der Waals surface area contributed by atoms with Crippen LogP contribution in [-0.4, -0.2) is 23.5 Å². The molecule has 2 N–H and O–H groups in total. The van der Waals surface area contributed by atoms with E-state index in [4.69, 9.17) is 4.74 Å². The van der Waals surface area contributed by atoms with E-state index in [9.17, 15) is 27.9 Å². The van der Waals surface area contributed by atoms with Crippen molar-refractivity contribution in [2.45, 2.75) is 45.1 Å². The number of fused-ring (bicyclic) bond motifs is 1. The van der Waals surface area contributed by atoms with E-state index in [2.05, 4.69) is 10.1 Å². The first-order valence-electron chi connectivity index (χ1n) is 12.5. The Hall–Kier alpha value is -4.27. The summed E-state index contributed by atoms with van der Waals surface area (Å²) >= 11 is 0. The van der Waals surface area contributed by atoms with Crippen LogP contribution in [0.15, 0.2) is 78.5 Å². The predicted octanol–water partition coefficient (Wildman–Crippen LogP) is 7.04. The molecule has 0 saturated heterocycles. The maximum absolute atomic E-state index is 12.7. The summed E-state index contributed by atoms with van der Waals surface area (Å²) in [5, 5.41) is 12.4. The first kappa shape index (κ1) is 27.8. The van der Waals surface area contributed by atoms with Crippen molar-refractivity contribution in [2.75, 3.05) is 0 Å². The molecule has 39 heavy (non-hydrogen) atoms. The number of halogens is 3. The lowest BCUT2D eigenvalue weighted by Gasteiger charge is -2.20. The zero-order chi connectivity index (χ0) is 28.0. The molecule has 3 aromatic carbocycles. The molecule has 1 amide bonds. The van der Waals surface area contributed by atoms with Crippen LogP contribution in [0.1, 0.15) is 53.5 Å². The summed E-state index contributed by atoms with van der Waals surface area (Å²) in [5.74, 6) is -1.94. The normalized spacial score (nSPS) is 15.2. The van der Waals surface area contributed by atoms with Gasteiger partial charge in [0.05, 0.1) is 5.92 Å². The number of alkyl carbamates (subject to hydrolysis) is 1. The van der Waals surface area contributed by atoms with Crippen molar-refractivity contribution in [3.05, 3.63) is 106 Å². The number of allylic oxidation sites excluding steroid dienone is 1. The molecule has 0 bridgehead atoms. The summed E-state index contributed by atoms with van der Waals surface area (Å²) in [6.07, 6.45) is -1.85. The highest BCUT2D eigenvalue weighted by atomic mass is 19.4. The second-order valence-electron chi connectivity index (χ2n) is 9.33. The molecule has 0 spiro atoms. The minimum absolute atomic E-state index is 0.146. The second-order valence-corrected chi connectivity index (χ2v) is 9.33. The van der Waals surface area contributed by atoms with Crippen molar-refractivity contribution >= 4 is 18.1 Å². The molecule has 3 aromatic rings. The van der Waals surface area contributed by atoms with Gasteiger partial charge in [0.25, 0.3) is 0 Å². The molecule has 0 fully saturated rings. The lowest BCUT2D eigenvalue weighted by molar-refractivity contribution is -0.274. The maximum Gasteiger partial charge on any atom is 0.573 e. The fraction of sp³-hybridized carbons (Fsp3) is 0.267. The fourth-order valence-corrected chi connectivity index (χ4v) is 4.73. The summed E-state index contributed by atoms with van der Waals surface area (Å²) in [4.78, 5) is 24.4. The Morgan fingerprint density at radius 3 is 2.44 bits per heavy atom. The van der Waals surface area contributed by atoms with E-state index in [0.717, 1.165) is 40.8 Å². The van der Waals surface area contributed by atoms with Gasteiger partial charge in [0.15, 0.2) is 0 Å². The number of alkyl halides is 3. The van der Waals surface area contributed by atoms with Crippen molar-refractivity contribution in [3.8, 4) is 5.75 Å². The summed E-state index contributed by atoms with van der Waals surface area (Å²) in [6.45, 7) is 1.81. The van der Waals surface area contributed by atoms with Crippen molar-refractivity contribution in [1.29, 1.82) is 0 Å². The zero-order valence-corrected chi connectivity index (χ0v) is 21.2. The Balaban J connectivity index is 1.47. The summed E-state index contributed by atoms with van der Waals surface area (Å²) < 4.78 is 46.2. The lowest BCUT2D eigenvalue weighted by Crippen LogP contribution is -2.26. The number of hydrogen-bond donors (Lipinski definition) is 2. The van der Waals surface area contributed by atoms with Crippen LogP contribution in [0.5, 0.6) is 5.75 Å². The van der Waals surface area contributed by atoms with Gasteiger partial charge < -0.3 is 14.6 Å². The van der Waals surface area contributed by atoms with E-state index in [-0.39, 0.29) is 18.3 Å². The van der Waals surface area contributed by atoms with Gasteiger partial charge >= 0.3 is 18.4 Å². The van der Waals surface area contributed by atoms with Crippen LogP contribution in [0.3, 0.4) is 0 Å². The highest BCUT2D eigenvalue weighted by Gasteiger charge is 2.31. The topological polar surface area (TPSA) is 84.9 Å². The number of carbonyl (C=O) groups is 2. The summed E-state index contributed by atoms with van der Waals surface area (Å²) in [7, 11) is 0. The number of benzene rings is 3. The van der Waals surface area contributed by atoms with Gasteiger partial charge in [-0.05, 0) is 58.9 Å². The third-order valence-electron chi connectivity index (χ3n) is 6.46. The first-order chi connectivity index (χ1) is 18.6.